The molecule has 2 atom stereocenters. The molecule has 2 unspecified atom stereocenters. The summed E-state index contributed by atoms with van der Waals surface area (Å²) >= 11 is 0. The molecule has 0 spiro atoms. The Bertz CT molecular complexity index is 484. The number of carboxylic acids is 1. The molecule has 1 aromatic carbocycles. The quantitative estimate of drug-likeness (QED) is 0.793. The lowest BCUT2D eigenvalue weighted by Crippen LogP contribution is -2.40. The van der Waals surface area contributed by atoms with Crippen LogP contribution in [0, 0.1) is 5.82 Å². The average Bonchev–Trinajstić information content (AvgIpc) is 2.27. The van der Waals surface area contributed by atoms with Crippen LogP contribution in [0.1, 0.15) is 17.9 Å². The summed E-state index contributed by atoms with van der Waals surface area (Å²) in [6, 6.07) is 3.42. The summed E-state index contributed by atoms with van der Waals surface area (Å²) in [6.07, 6.45) is -7.79. The van der Waals surface area contributed by atoms with Gasteiger partial charge >= 0.3 is 12.1 Å². The monoisotopic (exact) mass is 264 g/mol. The van der Waals surface area contributed by atoms with Crippen LogP contribution in [0.3, 0.4) is 0 Å². The lowest BCUT2D eigenvalue weighted by Gasteiger charge is -2.31. The highest BCUT2D eigenvalue weighted by Gasteiger charge is 2.48. The van der Waals surface area contributed by atoms with Crippen LogP contribution < -0.4 is 4.74 Å². The number of fused-ring (bicyclic) bond motifs is 1. The Morgan fingerprint density at radius 2 is 2.06 bits per heavy atom. The molecule has 0 amide bonds. The maximum absolute atomic E-state index is 13.4. The molecular weight excluding hydrogens is 256 g/mol. The van der Waals surface area contributed by atoms with E-state index in [0.717, 1.165) is 6.07 Å². The number of halogens is 4. The van der Waals surface area contributed by atoms with Gasteiger partial charge < -0.3 is 9.84 Å². The Labute approximate surface area is 99.0 Å². The van der Waals surface area contributed by atoms with E-state index in [9.17, 15) is 22.4 Å². The largest absolute Gasteiger partial charge is 0.481 e. The molecule has 98 valence electrons. The van der Waals surface area contributed by atoms with Crippen molar-refractivity contribution in [1.29, 1.82) is 0 Å². The Morgan fingerprint density at radius 3 is 2.61 bits per heavy atom. The van der Waals surface area contributed by atoms with Crippen LogP contribution in [-0.2, 0) is 4.79 Å². The topological polar surface area (TPSA) is 46.5 Å². The third-order valence-electron chi connectivity index (χ3n) is 2.75. The van der Waals surface area contributed by atoms with E-state index in [1.165, 1.54) is 12.1 Å². The van der Waals surface area contributed by atoms with Crippen LogP contribution >= 0.6 is 0 Å². The van der Waals surface area contributed by atoms with Gasteiger partial charge in [-0.15, -0.1) is 0 Å². The van der Waals surface area contributed by atoms with E-state index in [4.69, 9.17) is 5.11 Å². The molecule has 0 bridgehead atoms. The minimum absolute atomic E-state index is 0.0667. The number of hydrogen-bond donors (Lipinski definition) is 1. The molecule has 0 saturated heterocycles. The molecule has 1 aliphatic heterocycles. The van der Waals surface area contributed by atoms with Gasteiger partial charge in [0.15, 0.2) is 17.7 Å². The van der Waals surface area contributed by atoms with Gasteiger partial charge in [0.25, 0.3) is 0 Å². The van der Waals surface area contributed by atoms with E-state index in [-0.39, 0.29) is 5.56 Å². The molecule has 0 aliphatic carbocycles. The van der Waals surface area contributed by atoms with Crippen LogP contribution in [0.5, 0.6) is 5.75 Å². The van der Waals surface area contributed by atoms with Gasteiger partial charge in [-0.2, -0.15) is 13.2 Å². The predicted octanol–water partition coefficient (Wildman–Crippen LogP) is 2.71. The predicted molar refractivity (Wildman–Crippen MR) is 51.9 cm³/mol. The van der Waals surface area contributed by atoms with E-state index in [0.29, 0.717) is 0 Å². The van der Waals surface area contributed by atoms with Crippen molar-refractivity contribution in [3.05, 3.63) is 29.6 Å². The van der Waals surface area contributed by atoms with Gasteiger partial charge in [0, 0.05) is 12.0 Å². The molecule has 0 saturated carbocycles. The molecule has 18 heavy (non-hydrogen) atoms. The highest BCUT2D eigenvalue weighted by molar-refractivity contribution is 5.77. The van der Waals surface area contributed by atoms with Crippen molar-refractivity contribution in [2.24, 2.45) is 0 Å². The minimum Gasteiger partial charge on any atom is -0.481 e. The van der Waals surface area contributed by atoms with Crippen LogP contribution in [0.4, 0.5) is 17.6 Å². The molecule has 1 aromatic rings. The van der Waals surface area contributed by atoms with E-state index in [2.05, 4.69) is 4.74 Å². The summed E-state index contributed by atoms with van der Waals surface area (Å²) in [6.45, 7) is 0. The number of carboxylic acid groups (broad SMARTS) is 1. The zero-order valence-corrected chi connectivity index (χ0v) is 8.87. The summed E-state index contributed by atoms with van der Waals surface area (Å²) < 4.78 is 55.6. The average molecular weight is 264 g/mol. The molecule has 1 heterocycles. The van der Waals surface area contributed by atoms with Crippen LogP contribution in [0.2, 0.25) is 0 Å². The summed E-state index contributed by atoms with van der Waals surface area (Å²) in [5.41, 5.74) is -0.0667. The summed E-state index contributed by atoms with van der Waals surface area (Å²) in [5.74, 6) is -4.47. The summed E-state index contributed by atoms with van der Waals surface area (Å²) in [7, 11) is 0. The molecule has 0 radical (unpaired) electrons. The van der Waals surface area contributed by atoms with Crippen molar-refractivity contribution in [2.75, 3.05) is 0 Å². The van der Waals surface area contributed by atoms with E-state index in [1.807, 2.05) is 0 Å². The first kappa shape index (κ1) is 12.7. The molecular formula is C11H8F4O3. The Kier molecular flexibility index (Phi) is 2.92. The number of alkyl halides is 3. The van der Waals surface area contributed by atoms with Gasteiger partial charge in [-0.3, -0.25) is 4.79 Å². The molecule has 3 nitrogen and oxygen atoms in total. The highest BCUT2D eigenvalue weighted by Crippen LogP contribution is 2.42. The van der Waals surface area contributed by atoms with Crippen molar-refractivity contribution in [3.63, 3.8) is 0 Å². The van der Waals surface area contributed by atoms with Crippen molar-refractivity contribution in [1.82, 2.24) is 0 Å². The van der Waals surface area contributed by atoms with Crippen molar-refractivity contribution in [3.8, 4) is 5.75 Å². The summed E-state index contributed by atoms with van der Waals surface area (Å²) in [4.78, 5) is 11.0. The fourth-order valence-corrected chi connectivity index (χ4v) is 1.89. The number of carbonyl (C=O) groups is 1. The van der Waals surface area contributed by atoms with E-state index in [1.54, 1.807) is 0 Å². The Morgan fingerprint density at radius 1 is 1.39 bits per heavy atom. The van der Waals surface area contributed by atoms with E-state index < -0.39 is 42.2 Å². The summed E-state index contributed by atoms with van der Waals surface area (Å²) in [5, 5.41) is 8.91. The van der Waals surface area contributed by atoms with Gasteiger partial charge in [-0.1, -0.05) is 12.1 Å². The minimum atomic E-state index is -4.73. The first-order valence-corrected chi connectivity index (χ1v) is 5.05. The number of hydrogen-bond acceptors (Lipinski definition) is 2. The molecule has 1 aliphatic rings. The van der Waals surface area contributed by atoms with Gasteiger partial charge in [0.05, 0.1) is 5.92 Å². The second-order valence-electron chi connectivity index (χ2n) is 3.93. The van der Waals surface area contributed by atoms with Crippen LogP contribution in [0.25, 0.3) is 0 Å². The molecule has 0 fully saturated rings. The number of ether oxygens (including phenoxy) is 1. The third-order valence-corrected chi connectivity index (χ3v) is 2.75. The van der Waals surface area contributed by atoms with E-state index >= 15 is 0 Å². The first-order valence-electron chi connectivity index (χ1n) is 5.05. The van der Waals surface area contributed by atoms with Gasteiger partial charge in [-0.25, -0.2) is 4.39 Å². The number of benzene rings is 1. The molecule has 1 N–H and O–H groups in total. The first-order chi connectivity index (χ1) is 8.30. The van der Waals surface area contributed by atoms with Gasteiger partial charge in [-0.05, 0) is 6.07 Å². The van der Waals surface area contributed by atoms with Crippen molar-refractivity contribution < 1.29 is 32.2 Å². The lowest BCUT2D eigenvalue weighted by atomic mass is 9.89. The second kappa shape index (κ2) is 4.15. The smallest absolute Gasteiger partial charge is 0.425 e. The Balaban J connectivity index is 2.48. The van der Waals surface area contributed by atoms with Crippen molar-refractivity contribution >= 4 is 5.97 Å². The number of aliphatic carboxylic acids is 1. The normalized spacial score (nSPS) is 23.1. The fourth-order valence-electron chi connectivity index (χ4n) is 1.89. The maximum atomic E-state index is 13.4. The SMILES string of the molecule is O=C(O)C1CC(C(F)(F)F)Oc2c(F)cccc21. The molecule has 7 heteroatoms. The number of para-hydroxylation sites is 1. The maximum Gasteiger partial charge on any atom is 0.425 e. The fraction of sp³-hybridized carbons (Fsp3) is 0.364. The Hall–Kier alpha value is -1.79. The third kappa shape index (κ3) is 2.12. The van der Waals surface area contributed by atoms with Crippen LogP contribution in [-0.4, -0.2) is 23.4 Å². The molecule has 2 rings (SSSR count). The molecule has 0 aromatic heterocycles. The second-order valence-corrected chi connectivity index (χ2v) is 3.93. The zero-order chi connectivity index (χ0) is 13.5. The highest BCUT2D eigenvalue weighted by atomic mass is 19.4. The van der Waals surface area contributed by atoms with Crippen molar-refractivity contribution in [2.45, 2.75) is 24.6 Å². The van der Waals surface area contributed by atoms with Crippen LogP contribution in [0.15, 0.2) is 18.2 Å². The van der Waals surface area contributed by atoms with Gasteiger partial charge in [0.1, 0.15) is 0 Å². The zero-order valence-electron chi connectivity index (χ0n) is 8.87. The van der Waals surface area contributed by atoms with Gasteiger partial charge in [0.2, 0.25) is 0 Å². The standard InChI is InChI=1S/C11H8F4O3/c12-7-3-1-2-5-6(10(16)17)4-8(11(13,14)15)18-9(5)7/h1-3,6,8H,4H2,(H,16,17). The number of rotatable bonds is 1. The lowest BCUT2D eigenvalue weighted by molar-refractivity contribution is -0.202.